The van der Waals surface area contributed by atoms with Crippen LogP contribution in [0.4, 0.5) is 0 Å². The van der Waals surface area contributed by atoms with Crippen LogP contribution in [0, 0.1) is 0 Å². The minimum atomic E-state index is -0.0580. The maximum Gasteiger partial charge on any atom is 0.124 e. The van der Waals surface area contributed by atoms with Gasteiger partial charge in [0.15, 0.2) is 0 Å². The van der Waals surface area contributed by atoms with Gasteiger partial charge in [-0.05, 0) is 23.8 Å². The van der Waals surface area contributed by atoms with Gasteiger partial charge in [-0.25, -0.2) is 4.98 Å². The molecule has 1 unspecified atom stereocenters. The lowest BCUT2D eigenvalue weighted by atomic mass is 10.1. The van der Waals surface area contributed by atoms with Crippen molar-refractivity contribution in [2.75, 3.05) is 0 Å². The molecule has 0 saturated carbocycles. The molecule has 0 radical (unpaired) electrons. The van der Waals surface area contributed by atoms with Crippen LogP contribution >= 0.6 is 24.2 Å². The number of rotatable bonds is 2. The summed E-state index contributed by atoms with van der Waals surface area (Å²) in [6, 6.07) is 15.7. The van der Waals surface area contributed by atoms with E-state index < -0.39 is 0 Å². The molecule has 0 bridgehead atoms. The standard InChI is InChI=1S/C14H11ClN2S/c15-10-6-7-11-12(8-10)17-14(16-11)13(18)9-4-2-1-3-5-9/h1-8,13,18H,(H,16,17). The van der Waals surface area contributed by atoms with Gasteiger partial charge >= 0.3 is 0 Å². The summed E-state index contributed by atoms with van der Waals surface area (Å²) in [5.41, 5.74) is 2.96. The highest BCUT2D eigenvalue weighted by Gasteiger charge is 2.13. The van der Waals surface area contributed by atoms with E-state index in [1.807, 2.05) is 48.5 Å². The minimum Gasteiger partial charge on any atom is -0.341 e. The third-order valence-corrected chi connectivity index (χ3v) is 3.61. The highest BCUT2D eigenvalue weighted by molar-refractivity contribution is 7.80. The van der Waals surface area contributed by atoms with Gasteiger partial charge < -0.3 is 4.98 Å². The number of aromatic nitrogens is 2. The zero-order chi connectivity index (χ0) is 12.5. The molecular formula is C14H11ClN2S. The van der Waals surface area contributed by atoms with Crippen LogP contribution in [0.5, 0.6) is 0 Å². The molecule has 3 aromatic rings. The third kappa shape index (κ3) is 2.11. The van der Waals surface area contributed by atoms with E-state index in [1.165, 1.54) is 0 Å². The van der Waals surface area contributed by atoms with E-state index >= 15 is 0 Å². The zero-order valence-electron chi connectivity index (χ0n) is 9.47. The third-order valence-electron chi connectivity index (χ3n) is 2.84. The Kier molecular flexibility index (Phi) is 3.02. The molecule has 18 heavy (non-hydrogen) atoms. The van der Waals surface area contributed by atoms with Crippen molar-refractivity contribution < 1.29 is 0 Å². The Morgan fingerprint density at radius 2 is 1.89 bits per heavy atom. The molecule has 0 spiro atoms. The fourth-order valence-electron chi connectivity index (χ4n) is 1.92. The molecule has 0 saturated heterocycles. The average molecular weight is 275 g/mol. The summed E-state index contributed by atoms with van der Waals surface area (Å²) in [5.74, 6) is 0.835. The molecule has 0 aliphatic carbocycles. The summed E-state index contributed by atoms with van der Waals surface area (Å²) in [7, 11) is 0. The predicted octanol–water partition coefficient (Wildman–Crippen LogP) is 4.24. The van der Waals surface area contributed by atoms with Gasteiger partial charge in [0.1, 0.15) is 5.82 Å². The molecule has 1 aromatic heterocycles. The van der Waals surface area contributed by atoms with E-state index in [9.17, 15) is 0 Å². The first-order valence-electron chi connectivity index (χ1n) is 5.62. The number of fused-ring (bicyclic) bond motifs is 1. The Labute approximate surface area is 115 Å². The molecule has 1 N–H and O–H groups in total. The van der Waals surface area contributed by atoms with Crippen LogP contribution in [0.15, 0.2) is 48.5 Å². The normalized spacial score (nSPS) is 12.8. The molecule has 0 fully saturated rings. The highest BCUT2D eigenvalue weighted by atomic mass is 35.5. The first-order chi connectivity index (χ1) is 8.74. The summed E-state index contributed by atoms with van der Waals surface area (Å²) < 4.78 is 0. The predicted molar refractivity (Wildman–Crippen MR) is 78.4 cm³/mol. The Hall–Kier alpha value is -1.45. The fraction of sp³-hybridized carbons (Fsp3) is 0.0714. The van der Waals surface area contributed by atoms with Crippen molar-refractivity contribution in [2.45, 2.75) is 5.25 Å². The average Bonchev–Trinajstić information content (AvgIpc) is 2.81. The summed E-state index contributed by atoms with van der Waals surface area (Å²) in [4.78, 5) is 7.80. The van der Waals surface area contributed by atoms with Crippen LogP contribution in [0.2, 0.25) is 5.02 Å². The second-order valence-electron chi connectivity index (χ2n) is 4.10. The van der Waals surface area contributed by atoms with Crippen molar-refractivity contribution in [1.29, 1.82) is 0 Å². The van der Waals surface area contributed by atoms with Gasteiger partial charge in [-0.2, -0.15) is 12.6 Å². The molecule has 4 heteroatoms. The second kappa shape index (κ2) is 4.67. The number of nitrogens with one attached hydrogen (secondary N) is 1. The largest absolute Gasteiger partial charge is 0.341 e. The topological polar surface area (TPSA) is 28.7 Å². The van der Waals surface area contributed by atoms with Crippen LogP contribution in [0.3, 0.4) is 0 Å². The summed E-state index contributed by atoms with van der Waals surface area (Å²) in [5, 5.41) is 0.644. The molecular weight excluding hydrogens is 264 g/mol. The van der Waals surface area contributed by atoms with Gasteiger partial charge in [0.05, 0.1) is 16.3 Å². The summed E-state index contributed by atoms with van der Waals surface area (Å²) in [6.07, 6.45) is 0. The second-order valence-corrected chi connectivity index (χ2v) is 5.05. The molecule has 2 aromatic carbocycles. The van der Waals surface area contributed by atoms with Crippen LogP contribution in [0.1, 0.15) is 16.6 Å². The number of thiol groups is 1. The minimum absolute atomic E-state index is 0.0580. The Morgan fingerprint density at radius 3 is 2.67 bits per heavy atom. The number of hydrogen-bond acceptors (Lipinski definition) is 2. The van der Waals surface area contributed by atoms with Crippen molar-refractivity contribution in [2.24, 2.45) is 0 Å². The first kappa shape index (κ1) is 11.6. The zero-order valence-corrected chi connectivity index (χ0v) is 11.1. The fourth-order valence-corrected chi connectivity index (χ4v) is 2.39. The molecule has 90 valence electrons. The van der Waals surface area contributed by atoms with Gasteiger partial charge in [0, 0.05) is 5.02 Å². The number of nitrogens with zero attached hydrogens (tertiary/aromatic N) is 1. The number of halogens is 1. The maximum absolute atomic E-state index is 5.96. The van der Waals surface area contributed by atoms with Crippen molar-refractivity contribution in [1.82, 2.24) is 9.97 Å². The number of aromatic amines is 1. The van der Waals surface area contributed by atoms with Gasteiger partial charge in [0.25, 0.3) is 0 Å². The first-order valence-corrected chi connectivity index (χ1v) is 6.51. The van der Waals surface area contributed by atoms with E-state index in [0.717, 1.165) is 22.4 Å². The van der Waals surface area contributed by atoms with Crippen molar-refractivity contribution in [3.05, 3.63) is 64.9 Å². The number of imidazole rings is 1. The quantitative estimate of drug-likeness (QED) is 0.673. The van der Waals surface area contributed by atoms with Gasteiger partial charge in [-0.1, -0.05) is 41.9 Å². The van der Waals surface area contributed by atoms with Crippen LogP contribution in [0.25, 0.3) is 11.0 Å². The van der Waals surface area contributed by atoms with E-state index in [2.05, 4.69) is 22.6 Å². The van der Waals surface area contributed by atoms with Crippen LogP contribution in [-0.2, 0) is 0 Å². The molecule has 0 aliphatic heterocycles. The van der Waals surface area contributed by atoms with Gasteiger partial charge in [-0.15, -0.1) is 0 Å². The smallest absolute Gasteiger partial charge is 0.124 e. The molecule has 0 amide bonds. The van der Waals surface area contributed by atoms with Crippen LogP contribution in [-0.4, -0.2) is 9.97 Å². The highest BCUT2D eigenvalue weighted by Crippen LogP contribution is 2.28. The van der Waals surface area contributed by atoms with E-state index in [-0.39, 0.29) is 5.25 Å². The van der Waals surface area contributed by atoms with E-state index in [1.54, 1.807) is 0 Å². The molecule has 2 nitrogen and oxygen atoms in total. The summed E-state index contributed by atoms with van der Waals surface area (Å²) >= 11 is 10.6. The lowest BCUT2D eigenvalue weighted by Crippen LogP contribution is -1.95. The number of hydrogen-bond donors (Lipinski definition) is 2. The monoisotopic (exact) mass is 274 g/mol. The SMILES string of the molecule is SC(c1ccccc1)c1nc2ccc(Cl)cc2[nH]1. The Morgan fingerprint density at radius 1 is 1.11 bits per heavy atom. The van der Waals surface area contributed by atoms with E-state index in [0.29, 0.717) is 5.02 Å². The number of H-pyrrole nitrogens is 1. The van der Waals surface area contributed by atoms with Crippen molar-refractivity contribution >= 4 is 35.3 Å². The van der Waals surface area contributed by atoms with Gasteiger partial charge in [0.2, 0.25) is 0 Å². The maximum atomic E-state index is 5.96. The lowest BCUT2D eigenvalue weighted by molar-refractivity contribution is 1.02. The molecule has 1 heterocycles. The van der Waals surface area contributed by atoms with Crippen molar-refractivity contribution in [3.8, 4) is 0 Å². The van der Waals surface area contributed by atoms with Crippen LogP contribution < -0.4 is 0 Å². The number of benzene rings is 2. The molecule has 1 atom stereocenters. The Bertz CT molecular complexity index is 679. The van der Waals surface area contributed by atoms with E-state index in [4.69, 9.17) is 11.6 Å². The van der Waals surface area contributed by atoms with Crippen molar-refractivity contribution in [3.63, 3.8) is 0 Å². The molecule has 0 aliphatic rings. The molecule has 3 rings (SSSR count). The lowest BCUT2D eigenvalue weighted by Gasteiger charge is -2.07. The summed E-state index contributed by atoms with van der Waals surface area (Å²) in [6.45, 7) is 0. The van der Waals surface area contributed by atoms with Gasteiger partial charge in [-0.3, -0.25) is 0 Å². The Balaban J connectivity index is 2.04.